The highest BCUT2D eigenvalue weighted by molar-refractivity contribution is 6.66. The molecule has 0 spiro atoms. The zero-order valence-corrected chi connectivity index (χ0v) is 9.21. The van der Waals surface area contributed by atoms with Crippen molar-refractivity contribution >= 4 is 45.5 Å². The number of hydrogen-bond acceptors (Lipinski definition) is 1. The topological polar surface area (TPSA) is 26.0 Å². The average molecular weight is 237 g/mol. The van der Waals surface area contributed by atoms with Crippen LogP contribution in [0.5, 0.6) is 0 Å². The van der Waals surface area contributed by atoms with E-state index in [9.17, 15) is 0 Å². The van der Waals surface area contributed by atoms with Crippen LogP contribution in [0, 0.1) is 6.92 Å². The molecule has 0 radical (unpaired) electrons. The van der Waals surface area contributed by atoms with Gasteiger partial charge in [0.15, 0.2) is 0 Å². The van der Waals surface area contributed by atoms with Crippen molar-refractivity contribution in [2.24, 2.45) is 0 Å². The van der Waals surface area contributed by atoms with Crippen LogP contribution in [0.4, 0.5) is 5.69 Å². The van der Waals surface area contributed by atoms with E-state index in [2.05, 4.69) is 0 Å². The molecule has 70 valence electrons. The third-order valence-corrected chi connectivity index (χ3v) is 2.50. The third-order valence-electron chi connectivity index (χ3n) is 1.52. The molecule has 1 aromatic rings. The molecule has 13 heavy (non-hydrogen) atoms. The highest BCUT2D eigenvalue weighted by Crippen LogP contribution is 2.29. The number of nitrogen functional groups attached to an aromatic ring is 1. The maximum Gasteiger partial charge on any atom is 0.126 e. The van der Waals surface area contributed by atoms with E-state index in [4.69, 9.17) is 40.5 Å². The van der Waals surface area contributed by atoms with Crippen LogP contribution in [0.2, 0.25) is 0 Å². The lowest BCUT2D eigenvalue weighted by molar-refractivity contribution is 1.46. The Morgan fingerprint density at radius 1 is 1.15 bits per heavy atom. The fourth-order valence-electron chi connectivity index (χ4n) is 1.05. The van der Waals surface area contributed by atoms with Crippen LogP contribution >= 0.6 is 34.8 Å². The minimum atomic E-state index is 0.0478. The van der Waals surface area contributed by atoms with Gasteiger partial charge in [-0.1, -0.05) is 40.9 Å². The predicted molar refractivity (Wildman–Crippen MR) is 60.1 cm³/mol. The average Bonchev–Trinajstić information content (AvgIpc) is 2.01. The molecule has 0 aliphatic rings. The van der Waals surface area contributed by atoms with Gasteiger partial charge in [0.05, 0.1) is 5.03 Å². The maximum atomic E-state index is 5.85. The smallest absolute Gasteiger partial charge is 0.126 e. The fourth-order valence-corrected chi connectivity index (χ4v) is 1.38. The zero-order chi connectivity index (χ0) is 10.0. The van der Waals surface area contributed by atoms with E-state index in [-0.39, 0.29) is 4.49 Å². The normalized spacial score (nSPS) is 9.85. The van der Waals surface area contributed by atoms with Gasteiger partial charge in [0.1, 0.15) is 4.49 Å². The van der Waals surface area contributed by atoms with Crippen LogP contribution in [0.3, 0.4) is 0 Å². The Kier molecular flexibility index (Phi) is 3.48. The Bertz CT molecular complexity index is 334. The first-order valence-electron chi connectivity index (χ1n) is 3.59. The van der Waals surface area contributed by atoms with Crippen molar-refractivity contribution in [3.8, 4) is 0 Å². The zero-order valence-electron chi connectivity index (χ0n) is 6.94. The molecule has 4 heteroatoms. The summed E-state index contributed by atoms with van der Waals surface area (Å²) < 4.78 is 0.0478. The molecular weight excluding hydrogens is 228 g/mol. The van der Waals surface area contributed by atoms with Gasteiger partial charge in [0, 0.05) is 5.69 Å². The lowest BCUT2D eigenvalue weighted by Gasteiger charge is -2.03. The van der Waals surface area contributed by atoms with Crippen molar-refractivity contribution in [2.75, 3.05) is 5.73 Å². The Morgan fingerprint density at radius 3 is 2.23 bits per heavy atom. The molecule has 0 saturated heterocycles. The summed E-state index contributed by atoms with van der Waals surface area (Å²) in [6.45, 7) is 1.92. The molecule has 0 aliphatic heterocycles. The van der Waals surface area contributed by atoms with E-state index in [0.717, 1.165) is 11.1 Å². The number of halogens is 3. The van der Waals surface area contributed by atoms with E-state index >= 15 is 0 Å². The third kappa shape index (κ3) is 2.80. The van der Waals surface area contributed by atoms with Crippen molar-refractivity contribution in [1.29, 1.82) is 0 Å². The molecule has 1 nitrogen and oxygen atoms in total. The highest BCUT2D eigenvalue weighted by atomic mass is 35.5. The Morgan fingerprint density at radius 2 is 1.77 bits per heavy atom. The standard InChI is InChI=1S/C9H8Cl3N/c1-5-2-6(4-7(13)3-5)8(10)9(11)12/h2-4H,13H2,1H3. The molecule has 0 aliphatic carbocycles. The summed E-state index contributed by atoms with van der Waals surface area (Å²) in [5.41, 5.74) is 8.02. The number of benzene rings is 1. The lowest BCUT2D eigenvalue weighted by atomic mass is 10.1. The molecule has 0 bridgehead atoms. The van der Waals surface area contributed by atoms with Crippen LogP contribution in [0.1, 0.15) is 11.1 Å². The summed E-state index contributed by atoms with van der Waals surface area (Å²) in [7, 11) is 0. The van der Waals surface area contributed by atoms with Gasteiger partial charge in [0.25, 0.3) is 0 Å². The van der Waals surface area contributed by atoms with E-state index in [1.54, 1.807) is 6.07 Å². The molecular formula is C9H8Cl3N. The van der Waals surface area contributed by atoms with Gasteiger partial charge >= 0.3 is 0 Å². The minimum absolute atomic E-state index is 0.0478. The predicted octanol–water partition coefficient (Wildman–Crippen LogP) is 3.92. The Hall–Kier alpha value is -0.370. The molecule has 0 heterocycles. The molecule has 1 aromatic carbocycles. The van der Waals surface area contributed by atoms with Gasteiger partial charge in [-0.25, -0.2) is 0 Å². The van der Waals surface area contributed by atoms with Gasteiger partial charge in [0.2, 0.25) is 0 Å². The molecule has 0 aromatic heterocycles. The highest BCUT2D eigenvalue weighted by Gasteiger charge is 2.04. The second-order valence-corrected chi connectivity index (χ2v) is 4.03. The van der Waals surface area contributed by atoms with Crippen LogP contribution in [0.25, 0.3) is 5.03 Å². The number of nitrogens with two attached hydrogens (primary N) is 1. The largest absolute Gasteiger partial charge is 0.399 e. The molecule has 0 saturated carbocycles. The van der Waals surface area contributed by atoms with E-state index in [1.807, 2.05) is 19.1 Å². The van der Waals surface area contributed by atoms with Crippen molar-refractivity contribution in [3.05, 3.63) is 33.8 Å². The Balaban J connectivity index is 3.24. The summed E-state index contributed by atoms with van der Waals surface area (Å²) in [4.78, 5) is 0. The van der Waals surface area contributed by atoms with Gasteiger partial charge in [-0.15, -0.1) is 0 Å². The first-order chi connectivity index (χ1) is 6.00. The van der Waals surface area contributed by atoms with E-state index in [0.29, 0.717) is 10.7 Å². The quantitative estimate of drug-likeness (QED) is 0.735. The maximum absolute atomic E-state index is 5.85. The number of hydrogen-bond donors (Lipinski definition) is 1. The number of aryl methyl sites for hydroxylation is 1. The molecule has 0 amide bonds. The van der Waals surface area contributed by atoms with Crippen molar-refractivity contribution in [3.63, 3.8) is 0 Å². The first kappa shape index (κ1) is 10.7. The Labute approximate surface area is 92.1 Å². The lowest BCUT2D eigenvalue weighted by Crippen LogP contribution is -1.88. The van der Waals surface area contributed by atoms with Crippen LogP contribution < -0.4 is 5.73 Å². The van der Waals surface area contributed by atoms with Gasteiger partial charge < -0.3 is 5.73 Å². The number of rotatable bonds is 1. The number of anilines is 1. The van der Waals surface area contributed by atoms with E-state index < -0.39 is 0 Å². The second kappa shape index (κ2) is 4.23. The molecule has 0 fully saturated rings. The van der Waals surface area contributed by atoms with Gasteiger partial charge in [-0.3, -0.25) is 0 Å². The summed E-state index contributed by atoms with van der Waals surface area (Å²) in [6, 6.07) is 5.43. The second-order valence-electron chi connectivity index (χ2n) is 2.71. The van der Waals surface area contributed by atoms with Crippen molar-refractivity contribution in [2.45, 2.75) is 6.92 Å². The van der Waals surface area contributed by atoms with Gasteiger partial charge in [-0.2, -0.15) is 0 Å². The molecule has 1 rings (SSSR count). The van der Waals surface area contributed by atoms with Crippen LogP contribution in [-0.2, 0) is 0 Å². The molecule has 0 unspecified atom stereocenters. The summed E-state index contributed by atoms with van der Waals surface area (Å²) in [5, 5.41) is 0.318. The first-order valence-corrected chi connectivity index (χ1v) is 4.72. The fraction of sp³-hybridized carbons (Fsp3) is 0.111. The van der Waals surface area contributed by atoms with Crippen molar-refractivity contribution < 1.29 is 0 Å². The summed E-state index contributed by atoms with van der Waals surface area (Å²) >= 11 is 16.9. The van der Waals surface area contributed by atoms with Crippen molar-refractivity contribution in [1.82, 2.24) is 0 Å². The minimum Gasteiger partial charge on any atom is -0.399 e. The molecule has 2 N–H and O–H groups in total. The summed E-state index contributed by atoms with van der Waals surface area (Å²) in [5.74, 6) is 0. The van der Waals surface area contributed by atoms with Crippen LogP contribution in [-0.4, -0.2) is 0 Å². The van der Waals surface area contributed by atoms with Crippen LogP contribution in [0.15, 0.2) is 22.7 Å². The van der Waals surface area contributed by atoms with E-state index in [1.165, 1.54) is 0 Å². The molecule has 0 atom stereocenters. The summed E-state index contributed by atoms with van der Waals surface area (Å²) in [6.07, 6.45) is 0. The SMILES string of the molecule is Cc1cc(N)cc(C(Cl)=C(Cl)Cl)c1. The van der Waals surface area contributed by atoms with Gasteiger partial charge in [-0.05, 0) is 30.2 Å². The monoisotopic (exact) mass is 235 g/mol.